The molecule has 0 saturated carbocycles. The summed E-state index contributed by atoms with van der Waals surface area (Å²) in [4.78, 5) is 15.6. The molecule has 0 spiro atoms. The second-order valence-electron chi connectivity index (χ2n) is 4.62. The number of nitrogens with zero attached hydrogens (tertiary/aromatic N) is 1. The summed E-state index contributed by atoms with van der Waals surface area (Å²) in [6, 6.07) is 13.0. The Hall–Kier alpha value is -2.36. The SMILES string of the molecule is COc1cccc(CC(Cc2ccccn2)C(=O)O)c1. The van der Waals surface area contributed by atoms with E-state index in [0.29, 0.717) is 12.8 Å². The number of carbonyl (C=O) groups is 1. The highest BCUT2D eigenvalue weighted by Crippen LogP contribution is 2.18. The van der Waals surface area contributed by atoms with Crippen LogP contribution in [0.15, 0.2) is 48.7 Å². The number of rotatable bonds is 6. The molecule has 20 heavy (non-hydrogen) atoms. The van der Waals surface area contributed by atoms with Crippen molar-refractivity contribution in [2.45, 2.75) is 12.8 Å². The molecule has 1 aromatic carbocycles. The molecular formula is C16H17NO3. The van der Waals surface area contributed by atoms with E-state index < -0.39 is 11.9 Å². The van der Waals surface area contributed by atoms with Gasteiger partial charge in [0.25, 0.3) is 0 Å². The number of benzene rings is 1. The predicted octanol–water partition coefficient (Wildman–Crippen LogP) is 2.58. The summed E-state index contributed by atoms with van der Waals surface area (Å²) in [7, 11) is 1.60. The van der Waals surface area contributed by atoms with Crippen molar-refractivity contribution in [3.05, 3.63) is 59.9 Å². The van der Waals surface area contributed by atoms with Crippen molar-refractivity contribution < 1.29 is 14.6 Å². The number of ether oxygens (including phenoxy) is 1. The smallest absolute Gasteiger partial charge is 0.307 e. The molecule has 2 rings (SSSR count). The minimum absolute atomic E-state index is 0.424. The fourth-order valence-electron chi connectivity index (χ4n) is 2.10. The third-order valence-electron chi connectivity index (χ3n) is 3.15. The molecule has 1 heterocycles. The molecule has 0 aliphatic heterocycles. The quantitative estimate of drug-likeness (QED) is 0.877. The van der Waals surface area contributed by atoms with E-state index in [4.69, 9.17) is 4.74 Å². The van der Waals surface area contributed by atoms with Crippen molar-refractivity contribution in [3.63, 3.8) is 0 Å². The van der Waals surface area contributed by atoms with Crippen molar-refractivity contribution in [1.29, 1.82) is 0 Å². The van der Waals surface area contributed by atoms with Crippen molar-refractivity contribution in [2.75, 3.05) is 7.11 Å². The number of aliphatic carboxylic acids is 1. The molecule has 1 unspecified atom stereocenters. The molecule has 1 N–H and O–H groups in total. The van der Waals surface area contributed by atoms with E-state index in [1.807, 2.05) is 42.5 Å². The molecule has 1 atom stereocenters. The van der Waals surface area contributed by atoms with Gasteiger partial charge in [-0.2, -0.15) is 0 Å². The van der Waals surface area contributed by atoms with E-state index in [1.54, 1.807) is 13.3 Å². The van der Waals surface area contributed by atoms with Crippen LogP contribution in [0.1, 0.15) is 11.3 Å². The molecule has 0 aliphatic rings. The molecular weight excluding hydrogens is 254 g/mol. The number of hydrogen-bond donors (Lipinski definition) is 1. The summed E-state index contributed by atoms with van der Waals surface area (Å²) in [5, 5.41) is 9.36. The standard InChI is InChI=1S/C16H17NO3/c1-20-15-7-4-5-12(10-15)9-13(16(18)19)11-14-6-2-3-8-17-14/h2-8,10,13H,9,11H2,1H3,(H,18,19). The van der Waals surface area contributed by atoms with E-state index in [9.17, 15) is 9.90 Å². The van der Waals surface area contributed by atoms with E-state index in [-0.39, 0.29) is 0 Å². The number of aromatic nitrogens is 1. The second-order valence-corrected chi connectivity index (χ2v) is 4.62. The molecule has 0 aliphatic carbocycles. The zero-order valence-corrected chi connectivity index (χ0v) is 11.3. The fourth-order valence-corrected chi connectivity index (χ4v) is 2.10. The van der Waals surface area contributed by atoms with Gasteiger partial charge >= 0.3 is 5.97 Å². The molecule has 0 amide bonds. The highest BCUT2D eigenvalue weighted by atomic mass is 16.5. The zero-order chi connectivity index (χ0) is 14.4. The van der Waals surface area contributed by atoms with Gasteiger partial charge in [-0.3, -0.25) is 9.78 Å². The molecule has 0 fully saturated rings. The first-order valence-electron chi connectivity index (χ1n) is 6.44. The number of methoxy groups -OCH3 is 1. The third kappa shape index (κ3) is 3.82. The lowest BCUT2D eigenvalue weighted by atomic mass is 9.94. The highest BCUT2D eigenvalue weighted by molar-refractivity contribution is 5.70. The van der Waals surface area contributed by atoms with Crippen molar-refractivity contribution in [2.24, 2.45) is 5.92 Å². The Morgan fingerprint density at radius 3 is 2.75 bits per heavy atom. The largest absolute Gasteiger partial charge is 0.497 e. The van der Waals surface area contributed by atoms with Crippen molar-refractivity contribution >= 4 is 5.97 Å². The topological polar surface area (TPSA) is 59.4 Å². The molecule has 2 aromatic rings. The average molecular weight is 271 g/mol. The van der Waals surface area contributed by atoms with Crippen LogP contribution in [-0.4, -0.2) is 23.2 Å². The molecule has 104 valence electrons. The van der Waals surface area contributed by atoms with Gasteiger partial charge in [0, 0.05) is 18.3 Å². The van der Waals surface area contributed by atoms with Gasteiger partial charge in [0.15, 0.2) is 0 Å². The van der Waals surface area contributed by atoms with Gasteiger partial charge in [-0.25, -0.2) is 0 Å². The summed E-state index contributed by atoms with van der Waals surface area (Å²) < 4.78 is 5.16. The van der Waals surface area contributed by atoms with Crippen LogP contribution in [0.5, 0.6) is 5.75 Å². The number of pyridine rings is 1. The average Bonchev–Trinajstić information content (AvgIpc) is 2.48. The lowest BCUT2D eigenvalue weighted by Gasteiger charge is -2.12. The summed E-state index contributed by atoms with van der Waals surface area (Å²) in [5.41, 5.74) is 1.75. The Labute approximate surface area is 118 Å². The Morgan fingerprint density at radius 1 is 1.25 bits per heavy atom. The lowest BCUT2D eigenvalue weighted by molar-refractivity contribution is -0.141. The minimum atomic E-state index is -0.807. The van der Waals surface area contributed by atoms with Crippen LogP contribution in [0.25, 0.3) is 0 Å². The summed E-state index contributed by atoms with van der Waals surface area (Å²) >= 11 is 0. The minimum Gasteiger partial charge on any atom is -0.497 e. The first kappa shape index (κ1) is 14.1. The van der Waals surface area contributed by atoms with Gasteiger partial charge in [-0.15, -0.1) is 0 Å². The van der Waals surface area contributed by atoms with Gasteiger partial charge in [0.05, 0.1) is 13.0 Å². The normalized spacial score (nSPS) is 11.8. The van der Waals surface area contributed by atoms with Crippen LogP contribution in [0.4, 0.5) is 0 Å². The third-order valence-corrected chi connectivity index (χ3v) is 3.15. The Balaban J connectivity index is 2.11. The van der Waals surface area contributed by atoms with Crippen molar-refractivity contribution in [1.82, 2.24) is 4.98 Å². The Kier molecular flexibility index (Phi) is 4.71. The van der Waals surface area contributed by atoms with Crippen LogP contribution in [-0.2, 0) is 17.6 Å². The van der Waals surface area contributed by atoms with E-state index in [1.165, 1.54) is 0 Å². The molecule has 4 nitrogen and oxygen atoms in total. The first-order chi connectivity index (χ1) is 9.69. The van der Waals surface area contributed by atoms with E-state index in [2.05, 4.69) is 4.98 Å². The van der Waals surface area contributed by atoms with Gasteiger partial charge in [0.1, 0.15) is 5.75 Å². The van der Waals surface area contributed by atoms with Gasteiger partial charge in [-0.05, 0) is 36.2 Å². The zero-order valence-electron chi connectivity index (χ0n) is 11.3. The van der Waals surface area contributed by atoms with Crippen LogP contribution < -0.4 is 4.74 Å². The summed E-state index contributed by atoms with van der Waals surface area (Å²) in [5.74, 6) is -0.556. The molecule has 1 aromatic heterocycles. The Morgan fingerprint density at radius 2 is 2.10 bits per heavy atom. The van der Waals surface area contributed by atoms with Gasteiger partial charge < -0.3 is 9.84 Å². The molecule has 0 bridgehead atoms. The van der Waals surface area contributed by atoms with E-state index >= 15 is 0 Å². The summed E-state index contributed by atoms with van der Waals surface area (Å²) in [6.45, 7) is 0. The second kappa shape index (κ2) is 6.70. The number of hydrogen-bond acceptors (Lipinski definition) is 3. The monoisotopic (exact) mass is 271 g/mol. The predicted molar refractivity (Wildman–Crippen MR) is 75.8 cm³/mol. The molecule has 4 heteroatoms. The number of carboxylic acids is 1. The van der Waals surface area contributed by atoms with Gasteiger partial charge in [0.2, 0.25) is 0 Å². The Bertz CT molecular complexity index is 569. The highest BCUT2D eigenvalue weighted by Gasteiger charge is 2.19. The van der Waals surface area contributed by atoms with Gasteiger partial charge in [-0.1, -0.05) is 18.2 Å². The van der Waals surface area contributed by atoms with Crippen LogP contribution in [0, 0.1) is 5.92 Å². The number of carboxylic acid groups (broad SMARTS) is 1. The van der Waals surface area contributed by atoms with Crippen LogP contribution >= 0.6 is 0 Å². The maximum absolute atomic E-state index is 11.4. The lowest BCUT2D eigenvalue weighted by Crippen LogP contribution is -2.19. The van der Waals surface area contributed by atoms with Crippen LogP contribution in [0.3, 0.4) is 0 Å². The maximum atomic E-state index is 11.4. The summed E-state index contributed by atoms with van der Waals surface area (Å²) in [6.07, 6.45) is 2.57. The van der Waals surface area contributed by atoms with Crippen molar-refractivity contribution in [3.8, 4) is 5.75 Å². The fraction of sp³-hybridized carbons (Fsp3) is 0.250. The molecule has 0 saturated heterocycles. The van der Waals surface area contributed by atoms with Crippen LogP contribution in [0.2, 0.25) is 0 Å². The first-order valence-corrected chi connectivity index (χ1v) is 6.44. The van der Waals surface area contributed by atoms with E-state index in [0.717, 1.165) is 17.0 Å². The molecule has 0 radical (unpaired) electrons. The maximum Gasteiger partial charge on any atom is 0.307 e.